The summed E-state index contributed by atoms with van der Waals surface area (Å²) < 4.78 is 0. The predicted molar refractivity (Wildman–Crippen MR) is 116 cm³/mol. The predicted octanol–water partition coefficient (Wildman–Crippen LogP) is 3.78. The Balaban J connectivity index is 1.58. The van der Waals surface area contributed by atoms with Crippen LogP contribution >= 0.6 is 0 Å². The average molecular weight is 386 g/mol. The molecule has 3 rings (SSSR count). The lowest BCUT2D eigenvalue weighted by atomic mass is 10.0. The molecule has 0 heterocycles. The smallest absolute Gasteiger partial charge is 0.251 e. The van der Waals surface area contributed by atoms with Crippen LogP contribution in [0.2, 0.25) is 0 Å². The lowest BCUT2D eigenvalue weighted by Gasteiger charge is -2.19. The van der Waals surface area contributed by atoms with Crippen molar-refractivity contribution in [2.24, 2.45) is 0 Å². The molecule has 0 bridgehead atoms. The van der Waals surface area contributed by atoms with E-state index in [1.807, 2.05) is 66.7 Å². The van der Waals surface area contributed by atoms with Gasteiger partial charge in [-0.2, -0.15) is 0 Å². The third-order valence-electron chi connectivity index (χ3n) is 4.72. The van der Waals surface area contributed by atoms with Gasteiger partial charge in [0.05, 0.1) is 0 Å². The van der Waals surface area contributed by atoms with Crippen LogP contribution in [0.15, 0.2) is 91.0 Å². The normalized spacial score (nSPS) is 11.4. The fraction of sp³-hybridized carbons (Fsp3) is 0.200. The van der Waals surface area contributed by atoms with E-state index in [0.29, 0.717) is 18.5 Å². The van der Waals surface area contributed by atoms with Gasteiger partial charge in [-0.3, -0.25) is 9.59 Å². The van der Waals surface area contributed by atoms with Crippen molar-refractivity contribution in [2.45, 2.75) is 25.3 Å². The Hall–Kier alpha value is -3.40. The van der Waals surface area contributed by atoms with E-state index in [9.17, 15) is 9.59 Å². The van der Waals surface area contributed by atoms with E-state index in [1.54, 1.807) is 12.1 Å². The van der Waals surface area contributed by atoms with Gasteiger partial charge in [0.2, 0.25) is 5.91 Å². The van der Waals surface area contributed by atoms with Crippen LogP contribution < -0.4 is 10.6 Å². The summed E-state index contributed by atoms with van der Waals surface area (Å²) in [5, 5.41) is 5.87. The largest absolute Gasteiger partial charge is 0.354 e. The molecule has 0 aromatic heterocycles. The van der Waals surface area contributed by atoms with Gasteiger partial charge >= 0.3 is 0 Å². The number of aryl methyl sites for hydroxylation is 1. The zero-order chi connectivity index (χ0) is 20.3. The Morgan fingerprint density at radius 1 is 0.724 bits per heavy atom. The molecule has 1 atom stereocenters. The van der Waals surface area contributed by atoms with E-state index >= 15 is 0 Å². The Kier molecular flexibility index (Phi) is 7.58. The molecule has 2 N–H and O–H groups in total. The van der Waals surface area contributed by atoms with Crippen LogP contribution in [0.5, 0.6) is 0 Å². The van der Waals surface area contributed by atoms with Gasteiger partial charge in [0, 0.05) is 18.5 Å². The van der Waals surface area contributed by atoms with Crippen LogP contribution in [-0.4, -0.2) is 24.4 Å². The third-order valence-corrected chi connectivity index (χ3v) is 4.72. The van der Waals surface area contributed by atoms with E-state index in [1.165, 1.54) is 5.56 Å². The first-order valence-corrected chi connectivity index (χ1v) is 9.94. The molecule has 0 saturated carbocycles. The highest BCUT2D eigenvalue weighted by Crippen LogP contribution is 2.06. The fourth-order valence-corrected chi connectivity index (χ4v) is 3.16. The molecule has 0 saturated heterocycles. The highest BCUT2D eigenvalue weighted by atomic mass is 16.2. The second-order valence-electron chi connectivity index (χ2n) is 6.96. The van der Waals surface area contributed by atoms with Gasteiger partial charge in [0.1, 0.15) is 6.04 Å². The van der Waals surface area contributed by atoms with Crippen LogP contribution in [0.1, 0.15) is 27.9 Å². The molecule has 4 nitrogen and oxygen atoms in total. The van der Waals surface area contributed by atoms with Gasteiger partial charge in [-0.05, 0) is 36.1 Å². The summed E-state index contributed by atoms with van der Waals surface area (Å²) in [5.41, 5.74) is 2.80. The molecule has 0 spiro atoms. The Morgan fingerprint density at radius 2 is 1.28 bits per heavy atom. The van der Waals surface area contributed by atoms with Crippen molar-refractivity contribution in [1.29, 1.82) is 0 Å². The van der Waals surface area contributed by atoms with Crippen LogP contribution in [0, 0.1) is 0 Å². The van der Waals surface area contributed by atoms with E-state index in [-0.39, 0.29) is 11.8 Å². The molecule has 2 amide bonds. The topological polar surface area (TPSA) is 58.2 Å². The summed E-state index contributed by atoms with van der Waals surface area (Å²) in [6.45, 7) is 0.570. The zero-order valence-corrected chi connectivity index (χ0v) is 16.4. The fourth-order valence-electron chi connectivity index (χ4n) is 3.16. The summed E-state index contributed by atoms with van der Waals surface area (Å²) in [6, 6.07) is 28.3. The maximum absolute atomic E-state index is 12.8. The van der Waals surface area contributed by atoms with Gasteiger partial charge in [0.15, 0.2) is 0 Å². The van der Waals surface area contributed by atoms with Gasteiger partial charge in [-0.15, -0.1) is 0 Å². The van der Waals surface area contributed by atoms with Crippen molar-refractivity contribution >= 4 is 11.8 Å². The molecule has 0 radical (unpaired) electrons. The molecule has 3 aromatic rings. The maximum Gasteiger partial charge on any atom is 0.251 e. The minimum atomic E-state index is -0.623. The third kappa shape index (κ3) is 6.61. The van der Waals surface area contributed by atoms with Gasteiger partial charge < -0.3 is 10.6 Å². The number of amides is 2. The highest BCUT2D eigenvalue weighted by molar-refractivity contribution is 5.97. The molecule has 4 heteroatoms. The van der Waals surface area contributed by atoms with Crippen molar-refractivity contribution in [1.82, 2.24) is 10.6 Å². The number of hydrogen-bond donors (Lipinski definition) is 2. The highest BCUT2D eigenvalue weighted by Gasteiger charge is 2.21. The number of carbonyl (C=O) groups is 2. The number of nitrogens with one attached hydrogen (secondary N) is 2. The first-order chi connectivity index (χ1) is 14.2. The second kappa shape index (κ2) is 10.8. The second-order valence-corrected chi connectivity index (χ2v) is 6.96. The quantitative estimate of drug-likeness (QED) is 0.550. The van der Waals surface area contributed by atoms with E-state index in [0.717, 1.165) is 18.4 Å². The standard InChI is InChI=1S/C25H26N2O2/c28-24(22-16-8-3-9-17-22)27-23(19-21-13-6-2-7-14-21)25(29)26-18-10-15-20-11-4-1-5-12-20/h1-9,11-14,16-17,23H,10,15,18-19H2,(H,26,29)(H,27,28)/t23-/m0/s1. The number of carbonyl (C=O) groups excluding carboxylic acids is 2. The lowest BCUT2D eigenvalue weighted by Crippen LogP contribution is -2.48. The maximum atomic E-state index is 12.8. The van der Waals surface area contributed by atoms with Crippen molar-refractivity contribution in [3.63, 3.8) is 0 Å². The summed E-state index contributed by atoms with van der Waals surface area (Å²) in [7, 11) is 0. The van der Waals surface area contributed by atoms with Crippen molar-refractivity contribution < 1.29 is 9.59 Å². The molecule has 29 heavy (non-hydrogen) atoms. The van der Waals surface area contributed by atoms with Crippen LogP contribution in [-0.2, 0) is 17.6 Å². The van der Waals surface area contributed by atoms with Crippen molar-refractivity contribution in [3.05, 3.63) is 108 Å². The lowest BCUT2D eigenvalue weighted by molar-refractivity contribution is -0.122. The van der Waals surface area contributed by atoms with Crippen LogP contribution in [0.25, 0.3) is 0 Å². The summed E-state index contributed by atoms with van der Waals surface area (Å²) in [5.74, 6) is -0.405. The molecule has 3 aromatic carbocycles. The molecule has 0 aliphatic carbocycles. The SMILES string of the molecule is O=C(N[C@@H](Cc1ccccc1)C(=O)NCCCc1ccccc1)c1ccccc1. The summed E-state index contributed by atoms with van der Waals surface area (Å²) >= 11 is 0. The summed E-state index contributed by atoms with van der Waals surface area (Å²) in [6.07, 6.45) is 2.20. The van der Waals surface area contributed by atoms with E-state index in [2.05, 4.69) is 22.8 Å². The Labute approximate surface area is 172 Å². The van der Waals surface area contributed by atoms with Gasteiger partial charge in [-0.25, -0.2) is 0 Å². The first kappa shape index (κ1) is 20.3. The molecular formula is C25H26N2O2. The first-order valence-electron chi connectivity index (χ1n) is 9.94. The average Bonchev–Trinajstić information content (AvgIpc) is 2.78. The molecular weight excluding hydrogens is 360 g/mol. The molecule has 148 valence electrons. The minimum Gasteiger partial charge on any atom is -0.354 e. The molecule has 0 fully saturated rings. The van der Waals surface area contributed by atoms with Gasteiger partial charge in [0.25, 0.3) is 5.91 Å². The molecule has 0 aliphatic heterocycles. The van der Waals surface area contributed by atoms with Crippen molar-refractivity contribution in [3.8, 4) is 0 Å². The zero-order valence-electron chi connectivity index (χ0n) is 16.4. The monoisotopic (exact) mass is 386 g/mol. The number of hydrogen-bond acceptors (Lipinski definition) is 2. The Morgan fingerprint density at radius 3 is 1.90 bits per heavy atom. The van der Waals surface area contributed by atoms with Crippen molar-refractivity contribution in [2.75, 3.05) is 6.54 Å². The van der Waals surface area contributed by atoms with E-state index < -0.39 is 6.04 Å². The van der Waals surface area contributed by atoms with Crippen LogP contribution in [0.3, 0.4) is 0 Å². The number of rotatable bonds is 9. The summed E-state index contributed by atoms with van der Waals surface area (Å²) in [4.78, 5) is 25.4. The number of benzene rings is 3. The minimum absolute atomic E-state index is 0.161. The molecule has 0 aliphatic rings. The van der Waals surface area contributed by atoms with Crippen LogP contribution in [0.4, 0.5) is 0 Å². The molecule has 0 unspecified atom stereocenters. The Bertz CT molecular complexity index is 896. The van der Waals surface area contributed by atoms with Gasteiger partial charge in [-0.1, -0.05) is 78.9 Å². The van der Waals surface area contributed by atoms with E-state index in [4.69, 9.17) is 0 Å².